The lowest BCUT2D eigenvalue weighted by atomic mass is 10.0. The fraction of sp³-hybridized carbons (Fsp3) is 0.409. The molecule has 2 aromatic rings. The molecular formula is C22H24N4O5. The van der Waals surface area contributed by atoms with E-state index < -0.39 is 5.54 Å². The van der Waals surface area contributed by atoms with Gasteiger partial charge in [0.25, 0.3) is 23.6 Å². The van der Waals surface area contributed by atoms with Crippen molar-refractivity contribution < 1.29 is 23.7 Å². The molecule has 0 bridgehead atoms. The second kappa shape index (κ2) is 7.33. The summed E-state index contributed by atoms with van der Waals surface area (Å²) in [4.78, 5) is 55.4. The van der Waals surface area contributed by atoms with Gasteiger partial charge < -0.3 is 14.3 Å². The predicted molar refractivity (Wildman–Crippen MR) is 110 cm³/mol. The minimum Gasteiger partial charge on any atom is -0.361 e. The number of fused-ring (bicyclic) bond motifs is 1. The van der Waals surface area contributed by atoms with Crippen LogP contribution in [-0.4, -0.2) is 75.2 Å². The summed E-state index contributed by atoms with van der Waals surface area (Å²) in [6.45, 7) is 8.56. The number of piperazine rings is 1. The molecule has 2 aliphatic rings. The Balaban J connectivity index is 1.46. The number of nitrogens with zero attached hydrogens (tertiary/aromatic N) is 4. The molecule has 1 aromatic carbocycles. The molecule has 9 nitrogen and oxygen atoms in total. The predicted octanol–water partition coefficient (Wildman–Crippen LogP) is 1.98. The van der Waals surface area contributed by atoms with Gasteiger partial charge in [0.2, 0.25) is 0 Å². The minimum atomic E-state index is -0.650. The van der Waals surface area contributed by atoms with E-state index in [4.69, 9.17) is 4.52 Å². The number of amides is 4. The number of hydrogen-bond donors (Lipinski definition) is 0. The Kier molecular flexibility index (Phi) is 4.91. The van der Waals surface area contributed by atoms with Crippen molar-refractivity contribution in [2.24, 2.45) is 0 Å². The molecule has 3 heterocycles. The second-order valence-electron chi connectivity index (χ2n) is 8.78. The monoisotopic (exact) mass is 424 g/mol. The van der Waals surface area contributed by atoms with E-state index in [2.05, 4.69) is 5.16 Å². The zero-order valence-electron chi connectivity index (χ0n) is 18.0. The normalized spacial score (nSPS) is 16.7. The molecule has 9 heteroatoms. The fourth-order valence-electron chi connectivity index (χ4n) is 3.91. The van der Waals surface area contributed by atoms with Crippen LogP contribution in [0.3, 0.4) is 0 Å². The Hall–Kier alpha value is -3.49. The maximum atomic E-state index is 13.0. The van der Waals surface area contributed by atoms with Crippen LogP contribution in [0.25, 0.3) is 0 Å². The first kappa shape index (κ1) is 20.8. The zero-order valence-corrected chi connectivity index (χ0v) is 18.0. The van der Waals surface area contributed by atoms with E-state index in [1.165, 1.54) is 11.0 Å². The van der Waals surface area contributed by atoms with Crippen LogP contribution in [-0.2, 0) is 0 Å². The summed E-state index contributed by atoms with van der Waals surface area (Å²) in [6.07, 6.45) is 0. The molecule has 0 radical (unpaired) electrons. The fourth-order valence-corrected chi connectivity index (χ4v) is 3.91. The largest absolute Gasteiger partial charge is 0.361 e. The first-order valence-corrected chi connectivity index (χ1v) is 10.1. The van der Waals surface area contributed by atoms with E-state index in [1.54, 1.807) is 55.7 Å². The molecule has 0 unspecified atom stereocenters. The van der Waals surface area contributed by atoms with Crippen molar-refractivity contribution in [1.29, 1.82) is 0 Å². The third-order valence-corrected chi connectivity index (χ3v) is 5.51. The molecular weight excluding hydrogens is 400 g/mol. The Morgan fingerprint density at radius 2 is 1.48 bits per heavy atom. The number of hydrogen-bond acceptors (Lipinski definition) is 6. The number of imide groups is 1. The smallest absolute Gasteiger partial charge is 0.276 e. The first-order chi connectivity index (χ1) is 14.6. The molecule has 2 aliphatic heterocycles. The Labute approximate surface area is 179 Å². The Bertz CT molecular complexity index is 1090. The van der Waals surface area contributed by atoms with Crippen LogP contribution in [0.15, 0.2) is 28.8 Å². The van der Waals surface area contributed by atoms with Gasteiger partial charge >= 0.3 is 0 Å². The van der Waals surface area contributed by atoms with Gasteiger partial charge in [0.15, 0.2) is 5.69 Å². The van der Waals surface area contributed by atoms with Crippen molar-refractivity contribution in [1.82, 2.24) is 19.9 Å². The first-order valence-electron chi connectivity index (χ1n) is 10.1. The molecule has 162 valence electrons. The van der Waals surface area contributed by atoms with Gasteiger partial charge in [0.1, 0.15) is 5.76 Å². The molecule has 0 N–H and O–H groups in total. The molecule has 4 amide bonds. The summed E-state index contributed by atoms with van der Waals surface area (Å²) in [7, 11) is 0. The summed E-state index contributed by atoms with van der Waals surface area (Å²) in [5, 5.41) is 3.75. The van der Waals surface area contributed by atoms with Crippen molar-refractivity contribution >= 4 is 23.6 Å². The Morgan fingerprint density at radius 3 is 2.03 bits per heavy atom. The van der Waals surface area contributed by atoms with Gasteiger partial charge in [-0.25, -0.2) is 0 Å². The van der Waals surface area contributed by atoms with Crippen molar-refractivity contribution in [3.8, 4) is 0 Å². The molecule has 1 aromatic heterocycles. The molecule has 0 aliphatic carbocycles. The van der Waals surface area contributed by atoms with Gasteiger partial charge in [0, 0.05) is 43.3 Å². The highest BCUT2D eigenvalue weighted by Crippen LogP contribution is 2.30. The van der Waals surface area contributed by atoms with E-state index >= 15 is 0 Å². The van der Waals surface area contributed by atoms with E-state index in [9.17, 15) is 19.2 Å². The number of rotatable bonds is 2. The highest BCUT2D eigenvalue weighted by molar-refractivity contribution is 6.22. The van der Waals surface area contributed by atoms with E-state index in [1.807, 2.05) is 0 Å². The van der Waals surface area contributed by atoms with Crippen LogP contribution in [0, 0.1) is 6.92 Å². The summed E-state index contributed by atoms with van der Waals surface area (Å²) in [5.41, 5.74) is 0.517. The minimum absolute atomic E-state index is 0.229. The number of carbonyl (C=O) groups excluding carboxylic acids is 4. The summed E-state index contributed by atoms with van der Waals surface area (Å²) in [6, 6.07) is 6.21. The maximum Gasteiger partial charge on any atom is 0.276 e. The lowest BCUT2D eigenvalue weighted by Crippen LogP contribution is -2.50. The van der Waals surface area contributed by atoms with E-state index in [0.29, 0.717) is 43.1 Å². The van der Waals surface area contributed by atoms with Crippen LogP contribution in [0.4, 0.5) is 0 Å². The second-order valence-corrected chi connectivity index (χ2v) is 8.78. The van der Waals surface area contributed by atoms with Gasteiger partial charge in [-0.2, -0.15) is 0 Å². The van der Waals surface area contributed by atoms with Crippen LogP contribution < -0.4 is 0 Å². The van der Waals surface area contributed by atoms with Gasteiger partial charge in [0.05, 0.1) is 11.1 Å². The van der Waals surface area contributed by atoms with Crippen molar-refractivity contribution in [2.75, 3.05) is 26.2 Å². The van der Waals surface area contributed by atoms with E-state index in [0.717, 1.165) is 0 Å². The molecule has 0 saturated carbocycles. The molecule has 1 saturated heterocycles. The van der Waals surface area contributed by atoms with Crippen LogP contribution in [0.2, 0.25) is 0 Å². The van der Waals surface area contributed by atoms with Crippen LogP contribution in [0.5, 0.6) is 0 Å². The molecule has 0 spiro atoms. The lowest BCUT2D eigenvalue weighted by Gasteiger charge is -2.34. The number of benzene rings is 1. The average Bonchev–Trinajstić information content (AvgIpc) is 3.27. The van der Waals surface area contributed by atoms with E-state index in [-0.39, 0.29) is 34.9 Å². The molecule has 4 rings (SSSR count). The standard InChI is InChI=1S/C22H24N4O5/c1-13-11-17(23-31-13)21(30)25-9-7-24(8-10-25)18(27)14-5-6-15-16(12-14)20(29)26(19(15)28)22(2,3)4/h5-6,11-12H,7-10H2,1-4H3. The number of aromatic nitrogens is 1. The highest BCUT2D eigenvalue weighted by atomic mass is 16.5. The third-order valence-electron chi connectivity index (χ3n) is 5.51. The van der Waals surface area contributed by atoms with Crippen molar-refractivity contribution in [3.05, 3.63) is 52.4 Å². The van der Waals surface area contributed by atoms with Crippen molar-refractivity contribution in [3.63, 3.8) is 0 Å². The van der Waals surface area contributed by atoms with Gasteiger partial charge in [-0.3, -0.25) is 24.1 Å². The lowest BCUT2D eigenvalue weighted by molar-refractivity contribution is 0.0507. The molecule has 31 heavy (non-hydrogen) atoms. The summed E-state index contributed by atoms with van der Waals surface area (Å²) in [5.74, 6) is -0.636. The number of aryl methyl sites for hydroxylation is 1. The van der Waals surface area contributed by atoms with Crippen molar-refractivity contribution in [2.45, 2.75) is 33.2 Å². The van der Waals surface area contributed by atoms with Gasteiger partial charge in [-0.15, -0.1) is 0 Å². The maximum absolute atomic E-state index is 13.0. The summed E-state index contributed by atoms with van der Waals surface area (Å²) < 4.78 is 4.96. The topological polar surface area (TPSA) is 104 Å². The third kappa shape index (κ3) is 3.60. The van der Waals surface area contributed by atoms with Gasteiger partial charge in [-0.05, 0) is 45.9 Å². The number of carbonyl (C=O) groups is 4. The summed E-state index contributed by atoms with van der Waals surface area (Å²) >= 11 is 0. The Morgan fingerprint density at radius 1 is 0.903 bits per heavy atom. The quantitative estimate of drug-likeness (QED) is 0.683. The van der Waals surface area contributed by atoms with Crippen LogP contribution >= 0.6 is 0 Å². The van der Waals surface area contributed by atoms with Gasteiger partial charge in [-0.1, -0.05) is 5.16 Å². The molecule has 1 fully saturated rings. The SMILES string of the molecule is Cc1cc(C(=O)N2CCN(C(=O)c3ccc4c(c3)C(=O)N(C(C)(C)C)C4=O)CC2)no1. The zero-order chi connectivity index (χ0) is 22.5. The highest BCUT2D eigenvalue weighted by Gasteiger charge is 2.42. The molecule has 0 atom stereocenters. The average molecular weight is 424 g/mol. The van der Waals surface area contributed by atoms with Crippen LogP contribution in [0.1, 0.15) is 68.1 Å².